The zero-order valence-electron chi connectivity index (χ0n) is 9.43. The van der Waals surface area contributed by atoms with Gasteiger partial charge >= 0.3 is 0 Å². The van der Waals surface area contributed by atoms with Crippen LogP contribution in [0.1, 0.15) is 15.4 Å². The Morgan fingerprint density at radius 1 is 1.47 bits per heavy atom. The van der Waals surface area contributed by atoms with Crippen molar-refractivity contribution in [3.8, 4) is 0 Å². The van der Waals surface area contributed by atoms with Crippen LogP contribution in [-0.4, -0.2) is 9.97 Å². The van der Waals surface area contributed by atoms with Crippen molar-refractivity contribution in [3.05, 3.63) is 45.9 Å². The summed E-state index contributed by atoms with van der Waals surface area (Å²) in [6, 6.07) is 7.78. The van der Waals surface area contributed by atoms with E-state index in [-0.39, 0.29) is 0 Å². The molecule has 2 aromatic rings. The normalized spacial score (nSPS) is 10.2. The minimum absolute atomic E-state index is 0.411. The molecule has 0 atom stereocenters. The van der Waals surface area contributed by atoms with E-state index in [4.69, 9.17) is 18.0 Å². The summed E-state index contributed by atoms with van der Waals surface area (Å²) in [4.78, 5) is 5.82. The molecule has 0 unspecified atom stereocenters. The molecule has 0 bridgehead atoms. The molecule has 3 N–H and O–H groups in total. The second-order valence-electron chi connectivity index (χ2n) is 3.61. The Balaban J connectivity index is 2.11. The number of anilines is 1. The van der Waals surface area contributed by atoms with Crippen LogP contribution in [0.3, 0.4) is 0 Å². The molecule has 0 saturated carbocycles. The lowest BCUT2D eigenvalue weighted by atomic mass is 10.2. The third kappa shape index (κ3) is 3.01. The van der Waals surface area contributed by atoms with Gasteiger partial charge in [-0.25, -0.2) is 4.98 Å². The largest absolute Gasteiger partial charge is 0.389 e. The molecule has 5 heteroatoms. The summed E-state index contributed by atoms with van der Waals surface area (Å²) in [5, 5.41) is 4.40. The number of nitrogens with one attached hydrogen (secondary N) is 1. The minimum atomic E-state index is 0.411. The molecular weight excluding hydrogens is 250 g/mol. The van der Waals surface area contributed by atoms with Crippen LogP contribution in [0.25, 0.3) is 0 Å². The Morgan fingerprint density at radius 2 is 2.24 bits per heavy atom. The number of benzene rings is 1. The number of nitrogens with two attached hydrogens (primary N) is 1. The number of hydrogen-bond acceptors (Lipinski definition) is 4. The topological polar surface area (TPSA) is 50.9 Å². The highest BCUT2D eigenvalue weighted by molar-refractivity contribution is 7.80. The second-order valence-corrected chi connectivity index (χ2v) is 5.37. The van der Waals surface area contributed by atoms with Gasteiger partial charge in [-0.2, -0.15) is 0 Å². The van der Waals surface area contributed by atoms with Crippen molar-refractivity contribution in [2.45, 2.75) is 13.5 Å². The van der Waals surface area contributed by atoms with Gasteiger partial charge in [-0.15, -0.1) is 11.3 Å². The van der Waals surface area contributed by atoms with Crippen molar-refractivity contribution in [2.24, 2.45) is 5.73 Å². The van der Waals surface area contributed by atoms with Gasteiger partial charge in [0.1, 0.15) is 4.99 Å². The molecule has 0 radical (unpaired) electrons. The smallest absolute Gasteiger partial charge is 0.106 e. The molecule has 88 valence electrons. The lowest BCUT2D eigenvalue weighted by molar-refractivity contribution is 1.17. The predicted molar refractivity (Wildman–Crippen MR) is 76.5 cm³/mol. The second kappa shape index (κ2) is 5.25. The van der Waals surface area contributed by atoms with Crippen molar-refractivity contribution < 1.29 is 0 Å². The third-order valence-electron chi connectivity index (χ3n) is 2.31. The third-order valence-corrected chi connectivity index (χ3v) is 3.45. The van der Waals surface area contributed by atoms with Gasteiger partial charge in [0.15, 0.2) is 0 Å². The standard InChI is InChI=1S/C12H13N3S2/c1-8-14-6-9(17-8)7-15-11-5-3-2-4-10(11)12(13)16/h2-6,15H,7H2,1H3,(H2,13,16). The zero-order chi connectivity index (χ0) is 12.3. The minimum Gasteiger partial charge on any atom is -0.389 e. The van der Waals surface area contributed by atoms with Crippen LogP contribution in [0.15, 0.2) is 30.5 Å². The maximum atomic E-state index is 5.67. The maximum absolute atomic E-state index is 5.67. The van der Waals surface area contributed by atoms with E-state index in [1.807, 2.05) is 37.4 Å². The highest BCUT2D eigenvalue weighted by atomic mass is 32.1. The van der Waals surface area contributed by atoms with E-state index in [9.17, 15) is 0 Å². The van der Waals surface area contributed by atoms with Crippen LogP contribution in [0.5, 0.6) is 0 Å². The van der Waals surface area contributed by atoms with Crippen molar-refractivity contribution >= 4 is 34.2 Å². The number of thiazole rings is 1. The number of hydrogen-bond donors (Lipinski definition) is 2. The van der Waals surface area contributed by atoms with Gasteiger partial charge < -0.3 is 11.1 Å². The zero-order valence-corrected chi connectivity index (χ0v) is 11.1. The molecule has 1 aromatic heterocycles. The van der Waals surface area contributed by atoms with Crippen molar-refractivity contribution in [1.82, 2.24) is 4.98 Å². The first-order valence-electron chi connectivity index (χ1n) is 5.21. The molecule has 0 aliphatic heterocycles. The van der Waals surface area contributed by atoms with Gasteiger partial charge in [-0.05, 0) is 19.1 Å². The molecule has 1 heterocycles. The molecule has 0 fully saturated rings. The first-order valence-corrected chi connectivity index (χ1v) is 6.43. The molecule has 0 aliphatic carbocycles. The van der Waals surface area contributed by atoms with Crippen molar-refractivity contribution in [3.63, 3.8) is 0 Å². The number of thiocarbonyl (C=S) groups is 1. The monoisotopic (exact) mass is 263 g/mol. The molecule has 1 aromatic carbocycles. The van der Waals surface area contributed by atoms with Gasteiger partial charge in [0.2, 0.25) is 0 Å². The summed E-state index contributed by atoms with van der Waals surface area (Å²) < 4.78 is 0. The summed E-state index contributed by atoms with van der Waals surface area (Å²) in [6.45, 7) is 2.74. The lowest BCUT2D eigenvalue weighted by Crippen LogP contribution is -2.12. The van der Waals surface area contributed by atoms with Gasteiger partial charge in [0, 0.05) is 22.3 Å². The summed E-state index contributed by atoms with van der Waals surface area (Å²) in [5.41, 5.74) is 7.51. The molecule has 2 rings (SSSR count). The van der Waals surface area contributed by atoms with Crippen molar-refractivity contribution in [2.75, 3.05) is 5.32 Å². The Hall–Kier alpha value is -1.46. The average Bonchev–Trinajstić information content (AvgIpc) is 2.73. The van der Waals surface area contributed by atoms with Crippen LogP contribution >= 0.6 is 23.6 Å². The summed E-state index contributed by atoms with van der Waals surface area (Å²) in [5.74, 6) is 0. The molecule has 0 spiro atoms. The van der Waals surface area contributed by atoms with Crippen LogP contribution in [0, 0.1) is 6.92 Å². The van der Waals surface area contributed by atoms with E-state index in [1.165, 1.54) is 4.88 Å². The highest BCUT2D eigenvalue weighted by Gasteiger charge is 2.04. The summed E-state index contributed by atoms with van der Waals surface area (Å²) in [7, 11) is 0. The molecular formula is C12H13N3S2. The Labute approximate surface area is 110 Å². The number of aromatic nitrogens is 1. The van der Waals surface area contributed by atoms with E-state index in [0.29, 0.717) is 4.99 Å². The van der Waals surface area contributed by atoms with E-state index in [0.717, 1.165) is 22.8 Å². The Morgan fingerprint density at radius 3 is 2.88 bits per heavy atom. The van der Waals surface area contributed by atoms with E-state index < -0.39 is 0 Å². The van der Waals surface area contributed by atoms with Gasteiger partial charge in [0.25, 0.3) is 0 Å². The lowest BCUT2D eigenvalue weighted by Gasteiger charge is -2.09. The molecule has 0 amide bonds. The number of para-hydroxylation sites is 1. The number of aryl methyl sites for hydroxylation is 1. The fraction of sp³-hybridized carbons (Fsp3) is 0.167. The fourth-order valence-corrected chi connectivity index (χ4v) is 2.43. The summed E-state index contributed by atoms with van der Waals surface area (Å²) in [6.07, 6.45) is 1.89. The first kappa shape index (κ1) is 12.0. The van der Waals surface area contributed by atoms with E-state index >= 15 is 0 Å². The fourth-order valence-electron chi connectivity index (χ4n) is 1.52. The van der Waals surface area contributed by atoms with Gasteiger partial charge in [-0.1, -0.05) is 24.4 Å². The van der Waals surface area contributed by atoms with Crippen LogP contribution < -0.4 is 11.1 Å². The Kier molecular flexibility index (Phi) is 3.71. The molecule has 0 saturated heterocycles. The molecule has 3 nitrogen and oxygen atoms in total. The van der Waals surface area contributed by atoms with Gasteiger partial charge in [0.05, 0.1) is 11.6 Å². The maximum Gasteiger partial charge on any atom is 0.106 e. The van der Waals surface area contributed by atoms with Crippen LogP contribution in [-0.2, 0) is 6.54 Å². The molecule has 0 aliphatic rings. The van der Waals surface area contributed by atoms with E-state index in [2.05, 4.69) is 10.3 Å². The summed E-state index contributed by atoms with van der Waals surface area (Å²) >= 11 is 6.70. The first-order chi connectivity index (χ1) is 8.16. The Bertz CT molecular complexity index is 534. The quantitative estimate of drug-likeness (QED) is 0.833. The van der Waals surface area contributed by atoms with Crippen LogP contribution in [0.2, 0.25) is 0 Å². The van der Waals surface area contributed by atoms with Crippen LogP contribution in [0.4, 0.5) is 5.69 Å². The number of nitrogens with zero attached hydrogens (tertiary/aromatic N) is 1. The van der Waals surface area contributed by atoms with Gasteiger partial charge in [-0.3, -0.25) is 0 Å². The molecule has 17 heavy (non-hydrogen) atoms. The predicted octanol–water partition coefficient (Wildman–Crippen LogP) is 2.70. The SMILES string of the molecule is Cc1ncc(CNc2ccccc2C(N)=S)s1. The number of rotatable bonds is 4. The van der Waals surface area contributed by atoms with E-state index in [1.54, 1.807) is 11.3 Å². The van der Waals surface area contributed by atoms with Crippen molar-refractivity contribution in [1.29, 1.82) is 0 Å². The highest BCUT2D eigenvalue weighted by Crippen LogP contribution is 2.18. The average molecular weight is 263 g/mol.